The minimum absolute atomic E-state index is 0.201. The Morgan fingerprint density at radius 3 is 2.65 bits per heavy atom. The van der Waals surface area contributed by atoms with Gasteiger partial charge in [0.05, 0.1) is 12.7 Å². The summed E-state index contributed by atoms with van der Waals surface area (Å²) in [5.41, 5.74) is 1.36. The molecule has 0 radical (unpaired) electrons. The molecule has 0 aromatic heterocycles. The van der Waals surface area contributed by atoms with Gasteiger partial charge in [-0.25, -0.2) is 0 Å². The van der Waals surface area contributed by atoms with E-state index in [4.69, 9.17) is 4.74 Å². The van der Waals surface area contributed by atoms with Crippen LogP contribution < -0.4 is 5.32 Å². The van der Waals surface area contributed by atoms with Crippen LogP contribution in [0.1, 0.15) is 32.8 Å². The van der Waals surface area contributed by atoms with Gasteiger partial charge in [0.1, 0.15) is 0 Å². The van der Waals surface area contributed by atoms with E-state index < -0.39 is 0 Å². The van der Waals surface area contributed by atoms with Gasteiger partial charge >= 0.3 is 0 Å². The molecule has 1 aromatic rings. The number of rotatable bonds is 8. The number of hydrogen-bond donors (Lipinski definition) is 2. The normalized spacial score (nSPS) is 22.2. The first-order valence-corrected chi connectivity index (χ1v) is 8.85. The average molecular weight is 320 g/mol. The average Bonchev–Trinajstić information content (AvgIpc) is 2.55. The minimum Gasteiger partial charge on any atom is -0.396 e. The highest BCUT2D eigenvalue weighted by Crippen LogP contribution is 2.15. The van der Waals surface area contributed by atoms with Crippen molar-refractivity contribution in [1.82, 2.24) is 10.2 Å². The maximum absolute atomic E-state index is 9.24. The van der Waals surface area contributed by atoms with E-state index in [1.807, 2.05) is 0 Å². The van der Waals surface area contributed by atoms with Crippen LogP contribution in [0.25, 0.3) is 0 Å². The van der Waals surface area contributed by atoms with Crippen molar-refractivity contribution in [2.45, 2.75) is 51.9 Å². The standard InChI is InChI=1S/C19H32N2O2/c1-15(2)18(9-11-22)20-16(3)19-14-21(10-12-23-19)13-17-7-5-4-6-8-17/h4-8,15-16,18-20,22H,9-14H2,1-3H3. The maximum Gasteiger partial charge on any atom is 0.0852 e. The van der Waals surface area contributed by atoms with Crippen LogP contribution in [0, 0.1) is 5.92 Å². The highest BCUT2D eigenvalue weighted by molar-refractivity contribution is 5.14. The van der Waals surface area contributed by atoms with E-state index in [1.54, 1.807) is 0 Å². The zero-order valence-corrected chi connectivity index (χ0v) is 14.7. The third-order valence-electron chi connectivity index (χ3n) is 4.71. The molecule has 2 rings (SSSR count). The van der Waals surface area contributed by atoms with Crippen molar-refractivity contribution < 1.29 is 9.84 Å². The van der Waals surface area contributed by atoms with Crippen LogP contribution in [0.4, 0.5) is 0 Å². The summed E-state index contributed by atoms with van der Waals surface area (Å²) in [6.07, 6.45) is 0.995. The van der Waals surface area contributed by atoms with E-state index in [-0.39, 0.29) is 18.8 Å². The first-order chi connectivity index (χ1) is 11.1. The van der Waals surface area contributed by atoms with E-state index in [2.05, 4.69) is 61.3 Å². The molecule has 1 aliphatic rings. The molecule has 0 amide bonds. The summed E-state index contributed by atoms with van der Waals surface area (Å²) >= 11 is 0. The molecule has 4 nitrogen and oxygen atoms in total. The smallest absolute Gasteiger partial charge is 0.0852 e. The zero-order valence-electron chi connectivity index (χ0n) is 14.7. The molecule has 3 unspecified atom stereocenters. The topological polar surface area (TPSA) is 44.7 Å². The van der Waals surface area contributed by atoms with Gasteiger partial charge in [0.15, 0.2) is 0 Å². The van der Waals surface area contributed by atoms with E-state index in [0.717, 1.165) is 32.7 Å². The van der Waals surface area contributed by atoms with Crippen LogP contribution in [-0.2, 0) is 11.3 Å². The molecule has 4 heteroatoms. The van der Waals surface area contributed by atoms with Crippen LogP contribution in [0.2, 0.25) is 0 Å². The first kappa shape index (κ1) is 18.4. The van der Waals surface area contributed by atoms with Gasteiger partial charge in [0, 0.05) is 38.3 Å². The molecule has 1 aromatic carbocycles. The second kappa shape index (κ2) is 9.38. The Bertz CT molecular complexity index is 438. The van der Waals surface area contributed by atoms with Gasteiger partial charge < -0.3 is 15.2 Å². The summed E-state index contributed by atoms with van der Waals surface area (Å²) in [6.45, 7) is 10.5. The quantitative estimate of drug-likeness (QED) is 0.771. The molecular formula is C19H32N2O2. The third kappa shape index (κ3) is 5.88. The Kier molecular flexibility index (Phi) is 7.50. The first-order valence-electron chi connectivity index (χ1n) is 8.85. The molecule has 3 atom stereocenters. The van der Waals surface area contributed by atoms with Gasteiger partial charge in [0.2, 0.25) is 0 Å². The van der Waals surface area contributed by atoms with Crippen molar-refractivity contribution in [3.05, 3.63) is 35.9 Å². The number of aliphatic hydroxyl groups is 1. The maximum atomic E-state index is 9.24. The lowest BCUT2D eigenvalue weighted by Crippen LogP contribution is -2.53. The number of morpholine rings is 1. The third-order valence-corrected chi connectivity index (χ3v) is 4.71. The summed E-state index contributed by atoms with van der Waals surface area (Å²) in [4.78, 5) is 2.47. The summed E-state index contributed by atoms with van der Waals surface area (Å²) in [6, 6.07) is 11.2. The fraction of sp³-hybridized carbons (Fsp3) is 0.684. The van der Waals surface area contributed by atoms with E-state index in [1.165, 1.54) is 5.56 Å². The van der Waals surface area contributed by atoms with Gasteiger partial charge in [-0.1, -0.05) is 44.2 Å². The number of aliphatic hydroxyl groups excluding tert-OH is 1. The fourth-order valence-corrected chi connectivity index (χ4v) is 3.21. The molecule has 0 aliphatic carbocycles. The Labute approximate surface area is 140 Å². The molecule has 0 saturated carbocycles. The van der Waals surface area contributed by atoms with E-state index >= 15 is 0 Å². The van der Waals surface area contributed by atoms with Crippen LogP contribution in [0.3, 0.4) is 0 Å². The van der Waals surface area contributed by atoms with Gasteiger partial charge in [0.25, 0.3) is 0 Å². The van der Waals surface area contributed by atoms with Gasteiger partial charge in [-0.3, -0.25) is 4.90 Å². The number of ether oxygens (including phenoxy) is 1. The van der Waals surface area contributed by atoms with Crippen LogP contribution in [0.15, 0.2) is 30.3 Å². The predicted molar refractivity (Wildman–Crippen MR) is 94.4 cm³/mol. The number of nitrogens with one attached hydrogen (secondary N) is 1. The lowest BCUT2D eigenvalue weighted by atomic mass is 9.99. The summed E-state index contributed by atoms with van der Waals surface area (Å²) < 4.78 is 6.00. The molecule has 2 N–H and O–H groups in total. The highest BCUT2D eigenvalue weighted by atomic mass is 16.5. The predicted octanol–water partition coefficient (Wildman–Crippen LogP) is 2.27. The molecular weight excluding hydrogens is 288 g/mol. The number of benzene rings is 1. The molecule has 130 valence electrons. The van der Waals surface area contributed by atoms with E-state index in [0.29, 0.717) is 12.0 Å². The fourth-order valence-electron chi connectivity index (χ4n) is 3.21. The van der Waals surface area contributed by atoms with Crippen molar-refractivity contribution in [2.24, 2.45) is 5.92 Å². The summed E-state index contributed by atoms with van der Waals surface area (Å²) in [5.74, 6) is 0.508. The van der Waals surface area contributed by atoms with Crippen molar-refractivity contribution in [3.63, 3.8) is 0 Å². The van der Waals surface area contributed by atoms with Gasteiger partial charge in [-0.2, -0.15) is 0 Å². The number of hydrogen-bond acceptors (Lipinski definition) is 4. The molecule has 1 aliphatic heterocycles. The van der Waals surface area contributed by atoms with E-state index in [9.17, 15) is 5.11 Å². The van der Waals surface area contributed by atoms with Crippen molar-refractivity contribution in [2.75, 3.05) is 26.3 Å². The zero-order chi connectivity index (χ0) is 16.7. The molecule has 1 saturated heterocycles. The lowest BCUT2D eigenvalue weighted by Gasteiger charge is -2.38. The largest absolute Gasteiger partial charge is 0.396 e. The van der Waals surface area contributed by atoms with Gasteiger partial charge in [-0.15, -0.1) is 0 Å². The SMILES string of the molecule is CC(C)C(CCO)NC(C)C1CN(Cc2ccccc2)CCO1. The second-order valence-corrected chi connectivity index (χ2v) is 6.95. The molecule has 23 heavy (non-hydrogen) atoms. The Balaban J connectivity index is 1.87. The van der Waals surface area contributed by atoms with Crippen LogP contribution in [0.5, 0.6) is 0 Å². The molecule has 0 spiro atoms. The summed E-state index contributed by atoms with van der Waals surface area (Å²) in [7, 11) is 0. The van der Waals surface area contributed by atoms with Gasteiger partial charge in [-0.05, 0) is 24.8 Å². The lowest BCUT2D eigenvalue weighted by molar-refractivity contribution is -0.0488. The van der Waals surface area contributed by atoms with Crippen molar-refractivity contribution in [1.29, 1.82) is 0 Å². The Morgan fingerprint density at radius 1 is 1.26 bits per heavy atom. The molecule has 1 fully saturated rings. The van der Waals surface area contributed by atoms with Crippen molar-refractivity contribution >= 4 is 0 Å². The Morgan fingerprint density at radius 2 is 2.00 bits per heavy atom. The molecule has 0 bridgehead atoms. The number of nitrogens with zero attached hydrogens (tertiary/aromatic N) is 1. The summed E-state index contributed by atoms with van der Waals surface area (Å²) in [5, 5.41) is 12.9. The van der Waals surface area contributed by atoms with Crippen LogP contribution >= 0.6 is 0 Å². The van der Waals surface area contributed by atoms with Crippen molar-refractivity contribution in [3.8, 4) is 0 Å². The molecule has 1 heterocycles. The highest BCUT2D eigenvalue weighted by Gasteiger charge is 2.27. The minimum atomic E-state index is 0.201. The second-order valence-electron chi connectivity index (χ2n) is 6.95. The van der Waals surface area contributed by atoms with Crippen LogP contribution in [-0.4, -0.2) is 54.5 Å². The monoisotopic (exact) mass is 320 g/mol. The Hall–Kier alpha value is -0.940.